The lowest BCUT2D eigenvalue weighted by molar-refractivity contribution is -0.117. The SMILES string of the molecule is C[C@@H](Nc1ncnc2[nH]c(-c3ccc(CCC(N)=O)cc3)cc12)c1ccccc1. The first-order valence-electron chi connectivity index (χ1n) is 9.63. The van der Waals surface area contributed by atoms with E-state index in [0.29, 0.717) is 12.8 Å². The highest BCUT2D eigenvalue weighted by Gasteiger charge is 2.12. The van der Waals surface area contributed by atoms with E-state index >= 15 is 0 Å². The Bertz CT molecular complexity index is 1120. The number of nitrogens with two attached hydrogens (primary N) is 1. The average Bonchev–Trinajstić information content (AvgIpc) is 3.18. The van der Waals surface area contributed by atoms with Crippen LogP contribution in [-0.4, -0.2) is 20.9 Å². The number of benzene rings is 2. The molecule has 2 heterocycles. The summed E-state index contributed by atoms with van der Waals surface area (Å²) in [4.78, 5) is 23.2. The van der Waals surface area contributed by atoms with Crippen LogP contribution in [0.5, 0.6) is 0 Å². The number of nitrogens with one attached hydrogen (secondary N) is 2. The molecule has 1 amide bonds. The molecule has 1 atom stereocenters. The molecule has 6 heteroatoms. The van der Waals surface area contributed by atoms with Crippen molar-refractivity contribution in [3.8, 4) is 11.3 Å². The molecule has 0 unspecified atom stereocenters. The summed E-state index contributed by atoms with van der Waals surface area (Å²) in [7, 11) is 0. The molecule has 2 aromatic carbocycles. The van der Waals surface area contributed by atoms with Gasteiger partial charge >= 0.3 is 0 Å². The molecule has 6 nitrogen and oxygen atoms in total. The lowest BCUT2D eigenvalue weighted by Crippen LogP contribution is -2.11. The number of carbonyl (C=O) groups is 1. The Balaban J connectivity index is 1.58. The van der Waals surface area contributed by atoms with E-state index in [1.165, 1.54) is 5.56 Å². The van der Waals surface area contributed by atoms with Gasteiger partial charge in [-0.25, -0.2) is 9.97 Å². The van der Waals surface area contributed by atoms with Crippen molar-refractivity contribution in [3.05, 3.63) is 78.1 Å². The van der Waals surface area contributed by atoms with Crippen molar-refractivity contribution in [1.29, 1.82) is 0 Å². The maximum atomic E-state index is 11.0. The Kier molecular flexibility index (Phi) is 5.24. The van der Waals surface area contributed by atoms with Gasteiger partial charge in [0.1, 0.15) is 17.8 Å². The van der Waals surface area contributed by atoms with E-state index in [0.717, 1.165) is 33.7 Å². The molecule has 0 spiro atoms. The molecule has 0 radical (unpaired) electrons. The first-order chi connectivity index (χ1) is 14.1. The van der Waals surface area contributed by atoms with Crippen molar-refractivity contribution in [2.75, 3.05) is 5.32 Å². The molecule has 146 valence electrons. The normalized spacial score (nSPS) is 12.0. The van der Waals surface area contributed by atoms with Gasteiger partial charge in [-0.1, -0.05) is 54.6 Å². The van der Waals surface area contributed by atoms with Gasteiger partial charge in [0.2, 0.25) is 5.91 Å². The number of fused-ring (bicyclic) bond motifs is 1. The van der Waals surface area contributed by atoms with Crippen molar-refractivity contribution in [2.24, 2.45) is 5.73 Å². The quantitative estimate of drug-likeness (QED) is 0.444. The largest absolute Gasteiger partial charge is 0.370 e. The first-order valence-corrected chi connectivity index (χ1v) is 9.63. The fourth-order valence-electron chi connectivity index (χ4n) is 3.36. The predicted molar refractivity (Wildman–Crippen MR) is 115 cm³/mol. The molecular formula is C23H23N5O. The number of primary amides is 1. The summed E-state index contributed by atoms with van der Waals surface area (Å²) in [5, 5.41) is 4.43. The summed E-state index contributed by atoms with van der Waals surface area (Å²) in [6.07, 6.45) is 2.57. The van der Waals surface area contributed by atoms with Crippen LogP contribution in [0.1, 0.15) is 30.5 Å². The van der Waals surface area contributed by atoms with Crippen molar-refractivity contribution in [1.82, 2.24) is 15.0 Å². The highest BCUT2D eigenvalue weighted by atomic mass is 16.1. The molecule has 29 heavy (non-hydrogen) atoms. The van der Waals surface area contributed by atoms with Gasteiger partial charge in [0, 0.05) is 18.2 Å². The third-order valence-corrected chi connectivity index (χ3v) is 5.00. The molecule has 4 N–H and O–H groups in total. The molecule has 0 aliphatic rings. The van der Waals surface area contributed by atoms with Crippen LogP contribution in [0.15, 0.2) is 67.0 Å². The van der Waals surface area contributed by atoms with Crippen molar-refractivity contribution < 1.29 is 4.79 Å². The molecule has 0 aliphatic heterocycles. The number of anilines is 1. The van der Waals surface area contributed by atoms with E-state index in [4.69, 9.17) is 5.73 Å². The van der Waals surface area contributed by atoms with Crippen LogP contribution in [0.4, 0.5) is 5.82 Å². The highest BCUT2D eigenvalue weighted by molar-refractivity contribution is 5.91. The van der Waals surface area contributed by atoms with Gasteiger partial charge in [-0.3, -0.25) is 4.79 Å². The number of aromatic amines is 1. The minimum Gasteiger partial charge on any atom is -0.370 e. The Morgan fingerprint density at radius 2 is 1.86 bits per heavy atom. The van der Waals surface area contributed by atoms with E-state index in [-0.39, 0.29) is 11.9 Å². The number of hydrogen-bond donors (Lipinski definition) is 3. The van der Waals surface area contributed by atoms with E-state index in [1.54, 1.807) is 6.33 Å². The molecule has 4 rings (SSSR count). The number of aryl methyl sites for hydroxylation is 1. The number of amides is 1. The zero-order valence-electron chi connectivity index (χ0n) is 16.2. The fourth-order valence-corrected chi connectivity index (χ4v) is 3.36. The number of aromatic nitrogens is 3. The molecule has 0 bridgehead atoms. The van der Waals surface area contributed by atoms with Crippen molar-refractivity contribution in [2.45, 2.75) is 25.8 Å². The molecule has 0 fully saturated rings. The van der Waals surface area contributed by atoms with Crippen LogP contribution < -0.4 is 11.1 Å². The van der Waals surface area contributed by atoms with E-state index in [1.807, 2.05) is 42.5 Å². The van der Waals surface area contributed by atoms with Crippen molar-refractivity contribution >= 4 is 22.8 Å². The Labute approximate surface area is 169 Å². The summed E-state index contributed by atoms with van der Waals surface area (Å²) in [6.45, 7) is 2.11. The van der Waals surface area contributed by atoms with Gasteiger partial charge < -0.3 is 16.0 Å². The lowest BCUT2D eigenvalue weighted by Gasteiger charge is -2.15. The number of nitrogens with zero attached hydrogens (tertiary/aromatic N) is 2. The van der Waals surface area contributed by atoms with Crippen LogP contribution in [-0.2, 0) is 11.2 Å². The van der Waals surface area contributed by atoms with Gasteiger partial charge in [0.25, 0.3) is 0 Å². The number of hydrogen-bond acceptors (Lipinski definition) is 4. The van der Waals surface area contributed by atoms with Gasteiger partial charge in [-0.05, 0) is 36.1 Å². The second-order valence-corrected chi connectivity index (χ2v) is 7.11. The number of H-pyrrole nitrogens is 1. The van der Waals surface area contributed by atoms with Crippen molar-refractivity contribution in [3.63, 3.8) is 0 Å². The smallest absolute Gasteiger partial charge is 0.217 e. The summed E-state index contributed by atoms with van der Waals surface area (Å²) in [6, 6.07) is 20.6. The van der Waals surface area contributed by atoms with Gasteiger partial charge in [-0.15, -0.1) is 0 Å². The molecule has 0 saturated heterocycles. The standard InChI is InChI=1S/C23H23N5O/c1-15(17-5-3-2-4-6-17)27-22-19-13-20(28-23(19)26-14-25-22)18-10-7-16(8-11-18)9-12-21(24)29/h2-8,10-11,13-15H,9,12H2,1H3,(H2,24,29)(H2,25,26,27,28)/t15-/m1/s1. The summed E-state index contributed by atoms with van der Waals surface area (Å²) < 4.78 is 0. The lowest BCUT2D eigenvalue weighted by atomic mass is 10.1. The molecular weight excluding hydrogens is 362 g/mol. The number of carbonyl (C=O) groups excluding carboxylic acids is 1. The maximum absolute atomic E-state index is 11.0. The van der Waals surface area contributed by atoms with Crippen LogP contribution in [0.2, 0.25) is 0 Å². The Morgan fingerprint density at radius 1 is 1.10 bits per heavy atom. The second-order valence-electron chi connectivity index (χ2n) is 7.11. The maximum Gasteiger partial charge on any atom is 0.217 e. The molecule has 0 aliphatic carbocycles. The summed E-state index contributed by atoms with van der Waals surface area (Å²) >= 11 is 0. The summed E-state index contributed by atoms with van der Waals surface area (Å²) in [5.74, 6) is 0.514. The molecule has 0 saturated carbocycles. The first kappa shape index (κ1) is 18.7. The van der Waals surface area contributed by atoms with Crippen LogP contribution >= 0.6 is 0 Å². The van der Waals surface area contributed by atoms with E-state index < -0.39 is 0 Å². The van der Waals surface area contributed by atoms with Gasteiger partial charge in [0.15, 0.2) is 0 Å². The monoisotopic (exact) mass is 385 g/mol. The molecule has 2 aromatic heterocycles. The predicted octanol–water partition coefficient (Wildman–Crippen LogP) is 4.22. The van der Waals surface area contributed by atoms with Gasteiger partial charge in [0.05, 0.1) is 5.39 Å². The van der Waals surface area contributed by atoms with E-state index in [2.05, 4.69) is 45.4 Å². The Morgan fingerprint density at radius 3 is 2.59 bits per heavy atom. The second kappa shape index (κ2) is 8.14. The van der Waals surface area contributed by atoms with Crippen LogP contribution in [0.25, 0.3) is 22.3 Å². The van der Waals surface area contributed by atoms with Crippen LogP contribution in [0.3, 0.4) is 0 Å². The summed E-state index contributed by atoms with van der Waals surface area (Å²) in [5.41, 5.74) is 10.3. The van der Waals surface area contributed by atoms with Gasteiger partial charge in [-0.2, -0.15) is 0 Å². The fraction of sp³-hybridized carbons (Fsp3) is 0.174. The molecule has 4 aromatic rings. The van der Waals surface area contributed by atoms with Crippen LogP contribution in [0, 0.1) is 0 Å². The zero-order chi connectivity index (χ0) is 20.2. The average molecular weight is 385 g/mol. The topological polar surface area (TPSA) is 96.7 Å². The number of rotatable bonds is 7. The minimum absolute atomic E-state index is 0.122. The Hall–Kier alpha value is -3.67. The minimum atomic E-state index is -0.284. The van der Waals surface area contributed by atoms with E-state index in [9.17, 15) is 4.79 Å². The third kappa shape index (κ3) is 4.27. The third-order valence-electron chi connectivity index (χ3n) is 5.00. The zero-order valence-corrected chi connectivity index (χ0v) is 16.2. The highest BCUT2D eigenvalue weighted by Crippen LogP contribution is 2.29.